The highest BCUT2D eigenvalue weighted by Crippen LogP contribution is 2.24. The molecule has 6 heteroatoms. The van der Waals surface area contributed by atoms with Crippen LogP contribution in [-0.4, -0.2) is 45.2 Å². The summed E-state index contributed by atoms with van der Waals surface area (Å²) in [6, 6.07) is 14.0. The molecule has 0 bridgehead atoms. The molecule has 1 N–H and O–H groups in total. The van der Waals surface area contributed by atoms with Gasteiger partial charge in [0.15, 0.2) is 0 Å². The van der Waals surface area contributed by atoms with Gasteiger partial charge in [-0.2, -0.15) is 5.10 Å². The number of aromatic nitrogens is 3. The molecule has 0 radical (unpaired) electrons. The maximum absolute atomic E-state index is 13.2. The van der Waals surface area contributed by atoms with Crippen molar-refractivity contribution in [3.8, 4) is 5.69 Å². The zero-order chi connectivity index (χ0) is 19.5. The van der Waals surface area contributed by atoms with E-state index in [1.165, 1.54) is 0 Å². The molecule has 6 nitrogen and oxygen atoms in total. The Labute approximate surface area is 165 Å². The van der Waals surface area contributed by atoms with Gasteiger partial charge in [-0.1, -0.05) is 24.3 Å². The van der Waals surface area contributed by atoms with Crippen LogP contribution >= 0.6 is 0 Å². The van der Waals surface area contributed by atoms with Gasteiger partial charge in [-0.3, -0.25) is 9.78 Å². The van der Waals surface area contributed by atoms with E-state index in [-0.39, 0.29) is 11.9 Å². The summed E-state index contributed by atoms with van der Waals surface area (Å²) in [5.41, 5.74) is 5.01. The zero-order valence-corrected chi connectivity index (χ0v) is 16.3. The van der Waals surface area contributed by atoms with E-state index in [9.17, 15) is 4.79 Å². The molecule has 0 saturated carbocycles. The van der Waals surface area contributed by atoms with Gasteiger partial charge in [-0.05, 0) is 37.6 Å². The lowest BCUT2D eigenvalue weighted by Gasteiger charge is -2.36. The first-order valence-corrected chi connectivity index (χ1v) is 9.66. The fraction of sp³-hybridized carbons (Fsp3) is 0.318. The van der Waals surface area contributed by atoms with Gasteiger partial charge in [0.2, 0.25) is 5.91 Å². The van der Waals surface area contributed by atoms with Gasteiger partial charge in [-0.25, -0.2) is 4.68 Å². The molecule has 28 heavy (non-hydrogen) atoms. The number of benzene rings is 1. The highest BCUT2D eigenvalue weighted by atomic mass is 16.2. The monoisotopic (exact) mass is 375 g/mol. The van der Waals surface area contributed by atoms with Gasteiger partial charge in [-0.15, -0.1) is 0 Å². The maximum atomic E-state index is 13.2. The van der Waals surface area contributed by atoms with Crippen LogP contribution in [-0.2, 0) is 11.2 Å². The first-order valence-electron chi connectivity index (χ1n) is 9.66. The Morgan fingerprint density at radius 3 is 2.75 bits per heavy atom. The summed E-state index contributed by atoms with van der Waals surface area (Å²) < 4.78 is 1.92. The van der Waals surface area contributed by atoms with Crippen LogP contribution in [0.25, 0.3) is 5.69 Å². The second-order valence-electron chi connectivity index (χ2n) is 7.17. The lowest BCUT2D eigenvalue weighted by molar-refractivity contribution is -0.133. The third-order valence-electron chi connectivity index (χ3n) is 5.40. The highest BCUT2D eigenvalue weighted by Gasteiger charge is 2.29. The number of para-hydroxylation sites is 1. The SMILES string of the molecule is Cc1nn(-c2ccccc2)c(C)c1CC(=O)N1CCNCC1c1cccnc1. The van der Waals surface area contributed by atoms with Crippen molar-refractivity contribution in [3.63, 3.8) is 0 Å². The van der Waals surface area contributed by atoms with E-state index < -0.39 is 0 Å². The number of aryl methyl sites for hydroxylation is 1. The van der Waals surface area contributed by atoms with Crippen LogP contribution in [0.4, 0.5) is 0 Å². The number of nitrogens with zero attached hydrogens (tertiary/aromatic N) is 4. The third kappa shape index (κ3) is 3.55. The third-order valence-corrected chi connectivity index (χ3v) is 5.40. The average molecular weight is 375 g/mol. The van der Waals surface area contributed by atoms with Crippen LogP contribution in [0.1, 0.15) is 28.6 Å². The van der Waals surface area contributed by atoms with Crippen LogP contribution in [0.3, 0.4) is 0 Å². The van der Waals surface area contributed by atoms with Gasteiger partial charge < -0.3 is 10.2 Å². The van der Waals surface area contributed by atoms with E-state index in [2.05, 4.69) is 15.4 Å². The van der Waals surface area contributed by atoms with Gasteiger partial charge in [0, 0.05) is 43.3 Å². The van der Waals surface area contributed by atoms with Crippen molar-refractivity contribution in [2.24, 2.45) is 0 Å². The molecule has 144 valence electrons. The Morgan fingerprint density at radius 1 is 1.18 bits per heavy atom. The molecular weight excluding hydrogens is 350 g/mol. The molecule has 0 aliphatic carbocycles. The van der Waals surface area contributed by atoms with Crippen molar-refractivity contribution in [2.45, 2.75) is 26.3 Å². The number of carbonyl (C=O) groups excluding carboxylic acids is 1. The van der Waals surface area contributed by atoms with E-state index in [0.29, 0.717) is 13.0 Å². The molecule has 1 unspecified atom stereocenters. The van der Waals surface area contributed by atoms with Crippen LogP contribution < -0.4 is 5.32 Å². The Balaban J connectivity index is 1.59. The maximum Gasteiger partial charge on any atom is 0.227 e. The Bertz CT molecular complexity index is 952. The number of piperazine rings is 1. The molecule has 3 heterocycles. The van der Waals surface area contributed by atoms with Crippen LogP contribution in [0, 0.1) is 13.8 Å². The van der Waals surface area contributed by atoms with Gasteiger partial charge in [0.25, 0.3) is 0 Å². The van der Waals surface area contributed by atoms with Crippen molar-refractivity contribution >= 4 is 5.91 Å². The van der Waals surface area contributed by atoms with E-state index in [4.69, 9.17) is 0 Å². The smallest absolute Gasteiger partial charge is 0.227 e. The predicted octanol–water partition coefficient (Wildman–Crippen LogP) is 2.60. The summed E-state index contributed by atoms with van der Waals surface area (Å²) in [4.78, 5) is 19.4. The fourth-order valence-corrected chi connectivity index (χ4v) is 3.88. The molecule has 1 atom stereocenters. The summed E-state index contributed by atoms with van der Waals surface area (Å²) in [7, 11) is 0. The lowest BCUT2D eigenvalue weighted by Crippen LogP contribution is -2.49. The lowest BCUT2D eigenvalue weighted by atomic mass is 10.0. The van der Waals surface area contributed by atoms with Crippen LogP contribution in [0.5, 0.6) is 0 Å². The normalized spacial score (nSPS) is 16.9. The van der Waals surface area contributed by atoms with Gasteiger partial charge in [0.1, 0.15) is 0 Å². The highest BCUT2D eigenvalue weighted by molar-refractivity contribution is 5.80. The molecule has 4 rings (SSSR count). The molecule has 0 spiro atoms. The number of amides is 1. The molecular formula is C22H25N5O. The zero-order valence-electron chi connectivity index (χ0n) is 16.3. The first kappa shape index (κ1) is 18.4. The standard InChI is InChI=1S/C22H25N5O/c1-16-20(17(2)27(25-16)19-8-4-3-5-9-19)13-22(28)26-12-11-24-15-21(26)18-7-6-10-23-14-18/h3-10,14,21,24H,11-13,15H2,1-2H3. The number of nitrogens with one attached hydrogen (secondary N) is 1. The summed E-state index contributed by atoms with van der Waals surface area (Å²) in [5.74, 6) is 0.133. The molecule has 1 fully saturated rings. The summed E-state index contributed by atoms with van der Waals surface area (Å²) in [6.07, 6.45) is 3.97. The van der Waals surface area contributed by atoms with E-state index in [1.807, 2.05) is 72.1 Å². The molecule has 1 amide bonds. The quantitative estimate of drug-likeness (QED) is 0.761. The van der Waals surface area contributed by atoms with Crippen LogP contribution in [0.15, 0.2) is 54.9 Å². The minimum atomic E-state index is 0.0136. The molecule has 1 aliphatic heterocycles. The minimum absolute atomic E-state index is 0.0136. The van der Waals surface area contributed by atoms with Crippen molar-refractivity contribution in [2.75, 3.05) is 19.6 Å². The predicted molar refractivity (Wildman–Crippen MR) is 108 cm³/mol. The summed E-state index contributed by atoms with van der Waals surface area (Å²) in [5, 5.41) is 8.07. The fourth-order valence-electron chi connectivity index (χ4n) is 3.88. The van der Waals surface area contributed by atoms with E-state index in [0.717, 1.165) is 41.3 Å². The van der Waals surface area contributed by atoms with E-state index in [1.54, 1.807) is 6.20 Å². The van der Waals surface area contributed by atoms with Gasteiger partial charge >= 0.3 is 0 Å². The van der Waals surface area contributed by atoms with Crippen molar-refractivity contribution < 1.29 is 4.79 Å². The van der Waals surface area contributed by atoms with E-state index >= 15 is 0 Å². The van der Waals surface area contributed by atoms with Gasteiger partial charge in [0.05, 0.1) is 23.8 Å². The second-order valence-corrected chi connectivity index (χ2v) is 7.17. The number of pyridine rings is 1. The minimum Gasteiger partial charge on any atom is -0.333 e. The Morgan fingerprint density at radius 2 is 2.00 bits per heavy atom. The van der Waals surface area contributed by atoms with Crippen molar-refractivity contribution in [3.05, 3.63) is 77.4 Å². The molecule has 1 saturated heterocycles. The second kappa shape index (κ2) is 7.94. The average Bonchev–Trinajstić information content (AvgIpc) is 3.03. The number of hydrogen-bond donors (Lipinski definition) is 1. The molecule has 3 aromatic rings. The number of rotatable bonds is 4. The van der Waals surface area contributed by atoms with Crippen LogP contribution in [0.2, 0.25) is 0 Å². The molecule has 2 aromatic heterocycles. The largest absolute Gasteiger partial charge is 0.333 e. The number of carbonyl (C=O) groups is 1. The first-order chi connectivity index (χ1) is 13.6. The number of hydrogen-bond acceptors (Lipinski definition) is 4. The summed E-state index contributed by atoms with van der Waals surface area (Å²) >= 11 is 0. The topological polar surface area (TPSA) is 63.1 Å². The van der Waals surface area contributed by atoms with Crippen molar-refractivity contribution in [1.29, 1.82) is 0 Å². The Hall–Kier alpha value is -2.99. The summed E-state index contributed by atoms with van der Waals surface area (Å²) in [6.45, 7) is 6.27. The molecule has 1 aromatic carbocycles. The molecule has 1 aliphatic rings. The Kier molecular flexibility index (Phi) is 5.21. The van der Waals surface area contributed by atoms with Crippen molar-refractivity contribution in [1.82, 2.24) is 25.0 Å².